The zero-order valence-corrected chi connectivity index (χ0v) is 12.3. The van der Waals surface area contributed by atoms with Crippen LogP contribution in [0.15, 0.2) is 23.1 Å². The van der Waals surface area contributed by atoms with Gasteiger partial charge >= 0.3 is 0 Å². The van der Waals surface area contributed by atoms with Crippen LogP contribution in [0.3, 0.4) is 0 Å². The predicted molar refractivity (Wildman–Crippen MR) is 74.1 cm³/mol. The number of primary sulfonamides is 1. The Bertz CT molecular complexity index is 623. The third kappa shape index (κ3) is 3.10. The molecule has 1 aromatic carbocycles. The SMILES string of the molecule is CCOc1ccc(S(N)(=O)=O)cc1C(=O)N(C)C1CC1. The van der Waals surface area contributed by atoms with Gasteiger partial charge in [0.05, 0.1) is 17.1 Å². The molecule has 7 heteroatoms. The maximum atomic E-state index is 12.4. The molecule has 1 saturated carbocycles. The first-order chi connectivity index (χ1) is 9.34. The molecule has 0 bridgehead atoms. The number of carbonyl (C=O) groups is 1. The summed E-state index contributed by atoms with van der Waals surface area (Å²) in [6.45, 7) is 2.19. The molecule has 0 atom stereocenters. The zero-order chi connectivity index (χ0) is 14.9. The molecule has 2 rings (SSSR count). The Hall–Kier alpha value is -1.60. The molecule has 0 aromatic heterocycles. The van der Waals surface area contributed by atoms with Crippen molar-refractivity contribution in [2.75, 3.05) is 13.7 Å². The predicted octanol–water partition coefficient (Wildman–Crippen LogP) is 0.967. The molecule has 0 aliphatic heterocycles. The van der Waals surface area contributed by atoms with Gasteiger partial charge in [-0.3, -0.25) is 4.79 Å². The van der Waals surface area contributed by atoms with Crippen LogP contribution in [0, 0.1) is 0 Å². The Morgan fingerprint density at radius 1 is 1.45 bits per heavy atom. The van der Waals surface area contributed by atoms with Gasteiger partial charge in [-0.25, -0.2) is 13.6 Å². The lowest BCUT2D eigenvalue weighted by Gasteiger charge is -2.19. The fourth-order valence-corrected chi connectivity index (χ4v) is 2.49. The van der Waals surface area contributed by atoms with Crippen molar-refractivity contribution in [1.29, 1.82) is 0 Å². The molecule has 6 nitrogen and oxygen atoms in total. The van der Waals surface area contributed by atoms with Crippen molar-refractivity contribution in [3.63, 3.8) is 0 Å². The van der Waals surface area contributed by atoms with Gasteiger partial charge in [0.25, 0.3) is 5.91 Å². The molecular weight excluding hydrogens is 280 g/mol. The number of ether oxygens (including phenoxy) is 1. The monoisotopic (exact) mass is 298 g/mol. The van der Waals surface area contributed by atoms with Gasteiger partial charge in [0.2, 0.25) is 10.0 Å². The molecule has 0 saturated heterocycles. The van der Waals surface area contributed by atoms with E-state index in [9.17, 15) is 13.2 Å². The highest BCUT2D eigenvalue weighted by Crippen LogP contribution is 2.30. The van der Waals surface area contributed by atoms with E-state index in [1.165, 1.54) is 18.2 Å². The van der Waals surface area contributed by atoms with E-state index in [1.807, 2.05) is 0 Å². The molecule has 1 aromatic rings. The fourth-order valence-electron chi connectivity index (χ4n) is 1.95. The van der Waals surface area contributed by atoms with Gasteiger partial charge < -0.3 is 9.64 Å². The normalized spacial score (nSPS) is 14.9. The molecule has 1 aliphatic rings. The topological polar surface area (TPSA) is 89.7 Å². The molecule has 20 heavy (non-hydrogen) atoms. The molecule has 0 spiro atoms. The van der Waals surface area contributed by atoms with Crippen molar-refractivity contribution >= 4 is 15.9 Å². The van der Waals surface area contributed by atoms with Gasteiger partial charge in [-0.15, -0.1) is 0 Å². The quantitative estimate of drug-likeness (QED) is 0.877. The van der Waals surface area contributed by atoms with Crippen LogP contribution in [0.1, 0.15) is 30.1 Å². The maximum Gasteiger partial charge on any atom is 0.257 e. The summed E-state index contributed by atoms with van der Waals surface area (Å²) in [4.78, 5) is 13.9. The first kappa shape index (κ1) is 14.8. The molecule has 0 heterocycles. The summed E-state index contributed by atoms with van der Waals surface area (Å²) < 4.78 is 28.2. The number of benzene rings is 1. The summed E-state index contributed by atoms with van der Waals surface area (Å²) in [5, 5.41) is 5.10. The maximum absolute atomic E-state index is 12.4. The van der Waals surface area contributed by atoms with Crippen LogP contribution in [0.2, 0.25) is 0 Å². The van der Waals surface area contributed by atoms with Gasteiger partial charge in [-0.1, -0.05) is 0 Å². The fraction of sp³-hybridized carbons (Fsp3) is 0.462. The standard InChI is InChI=1S/C13H18N2O4S/c1-3-19-12-7-6-10(20(14,17)18)8-11(12)13(16)15(2)9-4-5-9/h6-9H,3-5H2,1-2H3,(H2,14,17,18). The lowest BCUT2D eigenvalue weighted by molar-refractivity contribution is 0.0780. The smallest absolute Gasteiger partial charge is 0.257 e. The van der Waals surface area contributed by atoms with Crippen LogP contribution in [0.4, 0.5) is 0 Å². The Labute approximate surface area is 118 Å². The Kier molecular flexibility index (Phi) is 4.01. The average Bonchev–Trinajstić information content (AvgIpc) is 3.21. The van der Waals surface area contributed by atoms with E-state index in [1.54, 1.807) is 18.9 Å². The molecule has 0 unspecified atom stereocenters. The number of carbonyl (C=O) groups excluding carboxylic acids is 1. The summed E-state index contributed by atoms with van der Waals surface area (Å²) >= 11 is 0. The highest BCUT2D eigenvalue weighted by Gasteiger charge is 2.31. The Morgan fingerprint density at radius 3 is 2.60 bits per heavy atom. The third-order valence-electron chi connectivity index (χ3n) is 3.22. The zero-order valence-electron chi connectivity index (χ0n) is 11.5. The van der Waals surface area contributed by atoms with E-state index in [4.69, 9.17) is 9.88 Å². The minimum atomic E-state index is -3.85. The van der Waals surface area contributed by atoms with E-state index >= 15 is 0 Å². The second-order valence-electron chi connectivity index (χ2n) is 4.78. The van der Waals surface area contributed by atoms with Crippen molar-refractivity contribution in [3.05, 3.63) is 23.8 Å². The van der Waals surface area contributed by atoms with Crippen LogP contribution in [-0.2, 0) is 10.0 Å². The van der Waals surface area contributed by atoms with Crippen molar-refractivity contribution in [1.82, 2.24) is 4.90 Å². The van der Waals surface area contributed by atoms with Gasteiger partial charge in [0, 0.05) is 13.1 Å². The van der Waals surface area contributed by atoms with Crippen molar-refractivity contribution in [3.8, 4) is 5.75 Å². The second kappa shape index (κ2) is 5.41. The minimum Gasteiger partial charge on any atom is -0.493 e. The molecule has 0 radical (unpaired) electrons. The van der Waals surface area contributed by atoms with Crippen molar-refractivity contribution < 1.29 is 17.9 Å². The Balaban J connectivity index is 2.43. The Morgan fingerprint density at radius 2 is 2.10 bits per heavy atom. The highest BCUT2D eigenvalue weighted by atomic mass is 32.2. The van der Waals surface area contributed by atoms with Crippen LogP contribution < -0.4 is 9.88 Å². The van der Waals surface area contributed by atoms with E-state index in [0.717, 1.165) is 12.8 Å². The van der Waals surface area contributed by atoms with Gasteiger partial charge in [0.15, 0.2) is 0 Å². The van der Waals surface area contributed by atoms with E-state index < -0.39 is 10.0 Å². The van der Waals surface area contributed by atoms with Gasteiger partial charge in [0.1, 0.15) is 5.75 Å². The van der Waals surface area contributed by atoms with Crippen LogP contribution in [-0.4, -0.2) is 38.9 Å². The molecule has 110 valence electrons. The lowest BCUT2D eigenvalue weighted by atomic mass is 10.1. The van der Waals surface area contributed by atoms with E-state index in [2.05, 4.69) is 0 Å². The second-order valence-corrected chi connectivity index (χ2v) is 6.34. The first-order valence-electron chi connectivity index (χ1n) is 6.41. The average molecular weight is 298 g/mol. The van der Waals surface area contributed by atoms with Gasteiger partial charge in [-0.05, 0) is 38.0 Å². The number of amides is 1. The molecule has 2 N–H and O–H groups in total. The van der Waals surface area contributed by atoms with Crippen LogP contribution in [0.5, 0.6) is 5.75 Å². The van der Waals surface area contributed by atoms with Crippen molar-refractivity contribution in [2.45, 2.75) is 30.7 Å². The summed E-state index contributed by atoms with van der Waals surface area (Å²) in [6, 6.07) is 4.32. The number of nitrogens with zero attached hydrogens (tertiary/aromatic N) is 1. The number of nitrogens with two attached hydrogens (primary N) is 1. The number of rotatable bonds is 5. The van der Waals surface area contributed by atoms with Crippen LogP contribution >= 0.6 is 0 Å². The number of hydrogen-bond acceptors (Lipinski definition) is 4. The lowest BCUT2D eigenvalue weighted by Crippen LogP contribution is -2.29. The van der Waals surface area contributed by atoms with Gasteiger partial charge in [-0.2, -0.15) is 0 Å². The summed E-state index contributed by atoms with van der Waals surface area (Å²) in [5.74, 6) is 0.124. The van der Waals surface area contributed by atoms with Crippen LogP contribution in [0.25, 0.3) is 0 Å². The summed E-state index contributed by atoms with van der Waals surface area (Å²) in [7, 11) is -2.14. The highest BCUT2D eigenvalue weighted by molar-refractivity contribution is 7.89. The molecular formula is C13H18N2O4S. The molecule has 1 aliphatic carbocycles. The largest absolute Gasteiger partial charge is 0.493 e. The minimum absolute atomic E-state index is 0.0894. The number of sulfonamides is 1. The first-order valence-corrected chi connectivity index (χ1v) is 7.96. The molecule has 1 fully saturated rings. The third-order valence-corrected chi connectivity index (χ3v) is 4.14. The summed E-state index contributed by atoms with van der Waals surface area (Å²) in [6.07, 6.45) is 1.95. The van der Waals surface area contributed by atoms with Crippen molar-refractivity contribution in [2.24, 2.45) is 5.14 Å². The molecule has 1 amide bonds. The summed E-state index contributed by atoms with van der Waals surface area (Å²) in [5.41, 5.74) is 0.229. The van der Waals surface area contributed by atoms with E-state index in [-0.39, 0.29) is 22.4 Å². The van der Waals surface area contributed by atoms with E-state index in [0.29, 0.717) is 12.4 Å². The number of hydrogen-bond donors (Lipinski definition) is 1.